The fraction of sp³-hybridized carbons (Fsp3) is 0.647. The Balaban J connectivity index is 1.45. The molecule has 1 heterocycles. The van der Waals surface area contributed by atoms with Gasteiger partial charge in [-0.3, -0.25) is 9.78 Å². The molecule has 1 aromatic heterocycles. The number of amides is 1. The fourth-order valence-corrected chi connectivity index (χ4v) is 3.71. The predicted octanol–water partition coefficient (Wildman–Crippen LogP) is 1.96. The van der Waals surface area contributed by atoms with Crippen LogP contribution in [0.25, 0.3) is 0 Å². The molecule has 2 saturated carbocycles. The van der Waals surface area contributed by atoms with Crippen molar-refractivity contribution < 1.29 is 4.79 Å². The number of pyridine rings is 1. The molecule has 0 saturated heterocycles. The molecule has 1 unspecified atom stereocenters. The van der Waals surface area contributed by atoms with Gasteiger partial charge in [0.15, 0.2) is 0 Å². The van der Waals surface area contributed by atoms with E-state index in [0.29, 0.717) is 18.0 Å². The van der Waals surface area contributed by atoms with Crippen molar-refractivity contribution in [3.8, 4) is 0 Å². The van der Waals surface area contributed by atoms with Crippen LogP contribution in [0.5, 0.6) is 0 Å². The van der Waals surface area contributed by atoms with Gasteiger partial charge in [-0.05, 0) is 62.5 Å². The van der Waals surface area contributed by atoms with Gasteiger partial charge in [0, 0.05) is 30.4 Å². The minimum atomic E-state index is 0.236. The van der Waals surface area contributed by atoms with Crippen molar-refractivity contribution in [3.63, 3.8) is 0 Å². The Bertz CT molecular complexity index is 521. The van der Waals surface area contributed by atoms with Crippen molar-refractivity contribution in [2.45, 2.75) is 51.5 Å². The molecule has 0 aliphatic heterocycles. The molecule has 3 N–H and O–H groups in total. The Labute approximate surface area is 126 Å². The molecule has 0 bridgehead atoms. The number of aromatic nitrogens is 1. The van der Waals surface area contributed by atoms with E-state index in [0.717, 1.165) is 44.2 Å². The maximum atomic E-state index is 12.3. The van der Waals surface area contributed by atoms with Gasteiger partial charge in [0.25, 0.3) is 0 Å². The summed E-state index contributed by atoms with van der Waals surface area (Å²) in [5.74, 6) is 0.479. The molecule has 0 aromatic carbocycles. The zero-order valence-corrected chi connectivity index (χ0v) is 12.8. The van der Waals surface area contributed by atoms with Crippen LogP contribution in [-0.4, -0.2) is 23.5 Å². The number of aryl methyl sites for hydroxylation is 1. The second-order valence-corrected chi connectivity index (χ2v) is 6.75. The van der Waals surface area contributed by atoms with E-state index in [1.807, 2.05) is 13.0 Å². The number of nitrogens with zero attached hydrogens (tertiary/aromatic N) is 1. The molecule has 1 aromatic rings. The van der Waals surface area contributed by atoms with Gasteiger partial charge in [-0.2, -0.15) is 0 Å². The third kappa shape index (κ3) is 3.10. The maximum Gasteiger partial charge on any atom is 0.223 e. The van der Waals surface area contributed by atoms with Crippen LogP contribution >= 0.6 is 0 Å². The number of hydrogen-bond acceptors (Lipinski definition) is 3. The monoisotopic (exact) mass is 287 g/mol. The summed E-state index contributed by atoms with van der Waals surface area (Å²) in [5.41, 5.74) is 8.52. The van der Waals surface area contributed by atoms with Crippen LogP contribution in [0.1, 0.15) is 43.4 Å². The Hall–Kier alpha value is -1.42. The topological polar surface area (TPSA) is 68.0 Å². The number of rotatable bonds is 4. The summed E-state index contributed by atoms with van der Waals surface area (Å²) in [5, 5.41) is 3.11. The normalized spacial score (nSPS) is 31.1. The average Bonchev–Trinajstić information content (AvgIpc) is 3.19. The van der Waals surface area contributed by atoms with E-state index >= 15 is 0 Å². The fourth-order valence-electron chi connectivity index (χ4n) is 3.71. The van der Waals surface area contributed by atoms with Crippen LogP contribution in [0.15, 0.2) is 18.3 Å². The van der Waals surface area contributed by atoms with Crippen molar-refractivity contribution >= 4 is 5.91 Å². The molecule has 21 heavy (non-hydrogen) atoms. The number of carbonyl (C=O) groups excluding carboxylic acids is 1. The molecule has 2 aliphatic carbocycles. The lowest BCUT2D eigenvalue weighted by molar-refractivity contribution is -0.123. The van der Waals surface area contributed by atoms with Gasteiger partial charge in [0.1, 0.15) is 0 Å². The van der Waals surface area contributed by atoms with Crippen LogP contribution in [0.2, 0.25) is 0 Å². The summed E-state index contributed by atoms with van der Waals surface area (Å²) in [4.78, 5) is 16.6. The van der Waals surface area contributed by atoms with E-state index < -0.39 is 0 Å². The van der Waals surface area contributed by atoms with Crippen molar-refractivity contribution in [2.75, 3.05) is 6.54 Å². The summed E-state index contributed by atoms with van der Waals surface area (Å²) < 4.78 is 0. The first-order chi connectivity index (χ1) is 10.1. The number of hydrogen-bond donors (Lipinski definition) is 2. The van der Waals surface area contributed by atoms with E-state index in [-0.39, 0.29) is 11.8 Å². The average molecular weight is 287 g/mol. The summed E-state index contributed by atoms with van der Waals surface area (Å²) in [6.45, 7) is 2.72. The lowest BCUT2D eigenvalue weighted by atomic mass is 9.82. The molecule has 1 spiro atoms. The summed E-state index contributed by atoms with van der Waals surface area (Å²) >= 11 is 0. The van der Waals surface area contributed by atoms with E-state index in [9.17, 15) is 4.79 Å². The number of carbonyl (C=O) groups is 1. The summed E-state index contributed by atoms with van der Waals surface area (Å²) in [6, 6.07) is 4.38. The first kappa shape index (κ1) is 14.5. The van der Waals surface area contributed by atoms with E-state index in [2.05, 4.69) is 16.4 Å². The Morgan fingerprint density at radius 2 is 2.24 bits per heavy atom. The van der Waals surface area contributed by atoms with Crippen molar-refractivity contribution in [1.29, 1.82) is 0 Å². The van der Waals surface area contributed by atoms with Crippen molar-refractivity contribution in [3.05, 3.63) is 29.6 Å². The van der Waals surface area contributed by atoms with Crippen LogP contribution in [-0.2, 0) is 11.2 Å². The van der Waals surface area contributed by atoms with Crippen molar-refractivity contribution in [1.82, 2.24) is 10.3 Å². The first-order valence-corrected chi connectivity index (χ1v) is 8.04. The molecule has 4 heteroatoms. The summed E-state index contributed by atoms with van der Waals surface area (Å²) in [6.07, 6.45) is 8.16. The molecular formula is C17H25N3O. The number of nitrogens with two attached hydrogens (primary N) is 1. The van der Waals surface area contributed by atoms with Crippen LogP contribution in [0, 0.1) is 18.3 Å². The zero-order valence-electron chi connectivity index (χ0n) is 12.8. The first-order valence-electron chi connectivity index (χ1n) is 8.04. The van der Waals surface area contributed by atoms with Crippen LogP contribution < -0.4 is 11.1 Å². The molecule has 2 aliphatic rings. The number of nitrogens with one attached hydrogen (secondary N) is 1. The lowest BCUT2D eigenvalue weighted by Crippen LogP contribution is -2.32. The quantitative estimate of drug-likeness (QED) is 0.889. The standard InChI is InChI=1S/C17H25N3O/c1-12-13(3-2-9-19-12)6-10-20-16(21)15-11-17(15)7-4-14(18)5-8-17/h2-3,9,14-15H,4-8,10-11,18H2,1H3,(H,20,21). The van der Waals surface area contributed by atoms with Gasteiger partial charge >= 0.3 is 0 Å². The zero-order chi connectivity index (χ0) is 14.9. The van der Waals surface area contributed by atoms with Gasteiger partial charge in [-0.1, -0.05) is 6.07 Å². The molecule has 4 nitrogen and oxygen atoms in total. The predicted molar refractivity (Wildman–Crippen MR) is 82.7 cm³/mol. The molecular weight excluding hydrogens is 262 g/mol. The molecule has 3 rings (SSSR count). The van der Waals surface area contributed by atoms with Gasteiger partial charge in [-0.15, -0.1) is 0 Å². The molecule has 1 amide bonds. The molecule has 114 valence electrons. The van der Waals surface area contributed by atoms with Crippen LogP contribution in [0.4, 0.5) is 0 Å². The largest absolute Gasteiger partial charge is 0.356 e. The highest BCUT2D eigenvalue weighted by Crippen LogP contribution is 2.61. The summed E-state index contributed by atoms with van der Waals surface area (Å²) in [7, 11) is 0. The van der Waals surface area contributed by atoms with E-state index in [1.165, 1.54) is 5.56 Å². The van der Waals surface area contributed by atoms with Crippen LogP contribution in [0.3, 0.4) is 0 Å². The second kappa shape index (κ2) is 5.76. The Kier molecular flexibility index (Phi) is 3.98. The lowest BCUT2D eigenvalue weighted by Gasteiger charge is -2.26. The molecule has 1 atom stereocenters. The minimum absolute atomic E-state index is 0.236. The second-order valence-electron chi connectivity index (χ2n) is 6.75. The maximum absolute atomic E-state index is 12.3. The van der Waals surface area contributed by atoms with E-state index in [1.54, 1.807) is 6.20 Å². The van der Waals surface area contributed by atoms with Gasteiger partial charge in [-0.25, -0.2) is 0 Å². The third-order valence-electron chi connectivity index (χ3n) is 5.34. The highest BCUT2D eigenvalue weighted by atomic mass is 16.2. The third-order valence-corrected chi connectivity index (χ3v) is 5.34. The Morgan fingerprint density at radius 3 is 2.95 bits per heavy atom. The van der Waals surface area contributed by atoms with Gasteiger partial charge in [0.2, 0.25) is 5.91 Å². The molecule has 2 fully saturated rings. The van der Waals surface area contributed by atoms with Crippen molar-refractivity contribution in [2.24, 2.45) is 17.1 Å². The molecule has 0 radical (unpaired) electrons. The van der Waals surface area contributed by atoms with Gasteiger partial charge in [0.05, 0.1) is 0 Å². The highest BCUT2D eigenvalue weighted by Gasteiger charge is 2.58. The smallest absolute Gasteiger partial charge is 0.223 e. The Morgan fingerprint density at radius 1 is 1.48 bits per heavy atom. The van der Waals surface area contributed by atoms with Gasteiger partial charge < -0.3 is 11.1 Å². The minimum Gasteiger partial charge on any atom is -0.356 e. The van der Waals surface area contributed by atoms with E-state index in [4.69, 9.17) is 5.73 Å². The SMILES string of the molecule is Cc1ncccc1CCNC(=O)C1CC12CCC(N)CC2. The highest BCUT2D eigenvalue weighted by molar-refractivity contribution is 5.82.